The average Bonchev–Trinajstić information content (AvgIpc) is 2.42. The van der Waals surface area contributed by atoms with Crippen molar-refractivity contribution >= 4 is 17.4 Å². The maximum absolute atomic E-state index is 12.2. The number of hydrogen-bond acceptors (Lipinski definition) is 6. The molecule has 1 heterocycles. The number of benzene rings is 1. The summed E-state index contributed by atoms with van der Waals surface area (Å²) in [6.45, 7) is 1.99. The van der Waals surface area contributed by atoms with Crippen LogP contribution in [-0.2, 0) is 9.53 Å². The van der Waals surface area contributed by atoms with Crippen LogP contribution in [0, 0.1) is 16.0 Å². The SMILES string of the molecule is CCOC(=O)C[C@@H]1COc2ccc([N+](=O)[O-])cc2C1=O. The van der Waals surface area contributed by atoms with Gasteiger partial charge in [-0.15, -0.1) is 0 Å². The molecule has 0 N–H and O–H groups in total. The normalized spacial score (nSPS) is 17.1. The zero-order chi connectivity index (χ0) is 14.7. The highest BCUT2D eigenvalue weighted by molar-refractivity contribution is 6.03. The third-order valence-electron chi connectivity index (χ3n) is 2.97. The molecule has 7 heteroatoms. The Morgan fingerprint density at radius 1 is 1.55 bits per heavy atom. The predicted molar refractivity (Wildman–Crippen MR) is 67.7 cm³/mol. The largest absolute Gasteiger partial charge is 0.492 e. The van der Waals surface area contributed by atoms with Gasteiger partial charge in [0.05, 0.1) is 36.0 Å². The lowest BCUT2D eigenvalue weighted by Gasteiger charge is -2.23. The Labute approximate surface area is 114 Å². The first kappa shape index (κ1) is 14.0. The van der Waals surface area contributed by atoms with Crippen LogP contribution < -0.4 is 4.74 Å². The zero-order valence-electron chi connectivity index (χ0n) is 10.8. The van der Waals surface area contributed by atoms with Gasteiger partial charge >= 0.3 is 5.97 Å². The summed E-state index contributed by atoms with van der Waals surface area (Å²) in [5, 5.41) is 10.7. The minimum Gasteiger partial charge on any atom is -0.492 e. The molecule has 1 aromatic carbocycles. The van der Waals surface area contributed by atoms with Crippen molar-refractivity contribution in [3.8, 4) is 5.75 Å². The number of non-ortho nitro benzene ring substituents is 1. The molecule has 0 saturated heterocycles. The van der Waals surface area contributed by atoms with Crippen LogP contribution in [0.15, 0.2) is 18.2 Å². The van der Waals surface area contributed by atoms with E-state index in [4.69, 9.17) is 9.47 Å². The quantitative estimate of drug-likeness (QED) is 0.473. The first-order valence-electron chi connectivity index (χ1n) is 6.14. The van der Waals surface area contributed by atoms with Gasteiger partial charge in [0.15, 0.2) is 5.78 Å². The molecule has 0 aromatic heterocycles. The topological polar surface area (TPSA) is 95.7 Å². The number of nitrogens with zero attached hydrogens (tertiary/aromatic N) is 1. The third-order valence-corrected chi connectivity index (χ3v) is 2.97. The van der Waals surface area contributed by atoms with Crippen LogP contribution in [-0.4, -0.2) is 29.9 Å². The second kappa shape index (κ2) is 5.68. The molecule has 106 valence electrons. The Hall–Kier alpha value is -2.44. The highest BCUT2D eigenvalue weighted by atomic mass is 16.6. The molecule has 1 aliphatic heterocycles. The van der Waals surface area contributed by atoms with Crippen molar-refractivity contribution in [2.24, 2.45) is 5.92 Å². The van der Waals surface area contributed by atoms with Crippen molar-refractivity contribution in [2.75, 3.05) is 13.2 Å². The molecule has 0 spiro atoms. The number of fused-ring (bicyclic) bond motifs is 1. The zero-order valence-corrected chi connectivity index (χ0v) is 10.8. The second-order valence-electron chi connectivity index (χ2n) is 4.32. The summed E-state index contributed by atoms with van der Waals surface area (Å²) < 4.78 is 10.2. The Bertz CT molecular complexity index is 568. The third kappa shape index (κ3) is 2.76. The number of ether oxygens (including phenoxy) is 2. The second-order valence-corrected chi connectivity index (χ2v) is 4.32. The molecule has 1 aliphatic rings. The number of nitro benzene ring substituents is 1. The maximum Gasteiger partial charge on any atom is 0.306 e. The Morgan fingerprint density at radius 2 is 2.30 bits per heavy atom. The van der Waals surface area contributed by atoms with Crippen LogP contribution in [0.4, 0.5) is 5.69 Å². The van der Waals surface area contributed by atoms with E-state index in [0.717, 1.165) is 0 Å². The molecule has 0 unspecified atom stereocenters. The minimum absolute atomic E-state index is 0.0719. The number of esters is 1. The van der Waals surface area contributed by atoms with Gasteiger partial charge in [-0.05, 0) is 13.0 Å². The van der Waals surface area contributed by atoms with Gasteiger partial charge in [0.25, 0.3) is 5.69 Å². The molecular formula is C13H13NO6. The van der Waals surface area contributed by atoms with E-state index in [2.05, 4.69) is 0 Å². The van der Waals surface area contributed by atoms with E-state index in [1.165, 1.54) is 18.2 Å². The first-order chi connectivity index (χ1) is 9.52. The molecule has 7 nitrogen and oxygen atoms in total. The molecule has 0 amide bonds. The van der Waals surface area contributed by atoms with E-state index in [0.29, 0.717) is 5.75 Å². The van der Waals surface area contributed by atoms with E-state index in [9.17, 15) is 19.7 Å². The number of carbonyl (C=O) groups is 2. The Kier molecular flexibility index (Phi) is 3.97. The lowest BCUT2D eigenvalue weighted by atomic mass is 9.92. The standard InChI is InChI=1S/C13H13NO6/c1-2-19-12(15)5-8-7-20-11-4-3-9(14(17)18)6-10(11)13(8)16/h3-4,6,8H,2,5,7H2,1H3/t8-/m1/s1. The molecule has 0 saturated carbocycles. The van der Waals surface area contributed by atoms with Crippen LogP contribution in [0.3, 0.4) is 0 Å². The van der Waals surface area contributed by atoms with Crippen molar-refractivity contribution in [1.82, 2.24) is 0 Å². The van der Waals surface area contributed by atoms with E-state index in [-0.39, 0.29) is 36.7 Å². The number of ketones is 1. The fourth-order valence-electron chi connectivity index (χ4n) is 2.01. The van der Waals surface area contributed by atoms with Gasteiger partial charge in [0, 0.05) is 12.1 Å². The molecule has 1 atom stereocenters. The number of Topliss-reactive ketones (excluding diaryl/α,β-unsaturated/α-hetero) is 1. The van der Waals surface area contributed by atoms with Crippen LogP contribution in [0.5, 0.6) is 5.75 Å². The molecular weight excluding hydrogens is 266 g/mol. The highest BCUT2D eigenvalue weighted by Crippen LogP contribution is 2.31. The molecule has 0 radical (unpaired) electrons. The van der Waals surface area contributed by atoms with Crippen LogP contribution >= 0.6 is 0 Å². The predicted octanol–water partition coefficient (Wildman–Crippen LogP) is 1.74. The molecule has 0 bridgehead atoms. The van der Waals surface area contributed by atoms with Crippen molar-refractivity contribution < 1.29 is 24.0 Å². The van der Waals surface area contributed by atoms with Crippen molar-refractivity contribution in [3.63, 3.8) is 0 Å². The summed E-state index contributed by atoms with van der Waals surface area (Å²) in [6, 6.07) is 3.85. The molecule has 20 heavy (non-hydrogen) atoms. The maximum atomic E-state index is 12.2. The van der Waals surface area contributed by atoms with E-state index in [1.54, 1.807) is 6.92 Å². The first-order valence-corrected chi connectivity index (χ1v) is 6.14. The van der Waals surface area contributed by atoms with Crippen LogP contribution in [0.25, 0.3) is 0 Å². The van der Waals surface area contributed by atoms with Gasteiger partial charge in [-0.3, -0.25) is 19.7 Å². The average molecular weight is 279 g/mol. The van der Waals surface area contributed by atoms with Gasteiger partial charge in [0.2, 0.25) is 0 Å². The summed E-state index contributed by atoms with van der Waals surface area (Å²) in [5.74, 6) is -1.17. The molecule has 0 fully saturated rings. The van der Waals surface area contributed by atoms with E-state index >= 15 is 0 Å². The van der Waals surface area contributed by atoms with Crippen molar-refractivity contribution in [1.29, 1.82) is 0 Å². The van der Waals surface area contributed by atoms with Gasteiger partial charge in [-0.1, -0.05) is 0 Å². The summed E-state index contributed by atoms with van der Waals surface area (Å²) >= 11 is 0. The van der Waals surface area contributed by atoms with E-state index in [1.807, 2.05) is 0 Å². The minimum atomic E-state index is -0.663. The Balaban J connectivity index is 2.21. The summed E-state index contributed by atoms with van der Waals surface area (Å²) in [6.07, 6.45) is -0.0885. The van der Waals surface area contributed by atoms with Gasteiger partial charge in [0.1, 0.15) is 5.75 Å². The van der Waals surface area contributed by atoms with Crippen LogP contribution in [0.2, 0.25) is 0 Å². The number of hydrogen-bond donors (Lipinski definition) is 0. The number of rotatable bonds is 4. The van der Waals surface area contributed by atoms with Gasteiger partial charge < -0.3 is 9.47 Å². The summed E-state index contributed by atoms with van der Waals surface area (Å²) in [7, 11) is 0. The van der Waals surface area contributed by atoms with Gasteiger partial charge in [-0.2, -0.15) is 0 Å². The number of carbonyl (C=O) groups excluding carboxylic acids is 2. The lowest BCUT2D eigenvalue weighted by molar-refractivity contribution is -0.384. The molecule has 2 rings (SSSR count). The van der Waals surface area contributed by atoms with Crippen LogP contribution in [0.1, 0.15) is 23.7 Å². The molecule has 0 aliphatic carbocycles. The van der Waals surface area contributed by atoms with Gasteiger partial charge in [-0.25, -0.2) is 0 Å². The summed E-state index contributed by atoms with van der Waals surface area (Å²) in [4.78, 5) is 33.8. The fraction of sp³-hybridized carbons (Fsp3) is 0.385. The molecule has 1 aromatic rings. The summed E-state index contributed by atoms with van der Waals surface area (Å²) in [5.41, 5.74) is -0.0442. The highest BCUT2D eigenvalue weighted by Gasteiger charge is 2.32. The smallest absolute Gasteiger partial charge is 0.306 e. The number of nitro groups is 1. The monoisotopic (exact) mass is 279 g/mol. The fourth-order valence-corrected chi connectivity index (χ4v) is 2.01. The van der Waals surface area contributed by atoms with E-state index < -0.39 is 16.8 Å². The van der Waals surface area contributed by atoms with Crippen molar-refractivity contribution in [2.45, 2.75) is 13.3 Å². The Morgan fingerprint density at radius 3 is 2.95 bits per heavy atom. The van der Waals surface area contributed by atoms with Crippen molar-refractivity contribution in [3.05, 3.63) is 33.9 Å². The lowest BCUT2D eigenvalue weighted by Crippen LogP contribution is -2.30.